The van der Waals surface area contributed by atoms with E-state index < -0.39 is 8.32 Å². The van der Waals surface area contributed by atoms with Gasteiger partial charge in [-0.15, -0.1) is 0 Å². The molecule has 0 radical (unpaired) electrons. The maximum absolute atomic E-state index is 13.0. The fourth-order valence-corrected chi connectivity index (χ4v) is 4.55. The van der Waals surface area contributed by atoms with Crippen LogP contribution < -0.4 is 0 Å². The number of hydrogen-bond acceptors (Lipinski definition) is 3. The first-order valence-electron chi connectivity index (χ1n) is 10.8. The molecule has 2 heterocycles. The number of fused-ring (bicyclic) bond motifs is 1. The van der Waals surface area contributed by atoms with Gasteiger partial charge in [0, 0.05) is 43.3 Å². The van der Waals surface area contributed by atoms with Gasteiger partial charge in [-0.3, -0.25) is 4.79 Å². The van der Waals surface area contributed by atoms with Gasteiger partial charge in [0.05, 0.1) is 18.8 Å². The number of para-hydroxylation sites is 1. The van der Waals surface area contributed by atoms with E-state index in [2.05, 4.69) is 50.6 Å². The number of aromatic nitrogens is 1. The summed E-state index contributed by atoms with van der Waals surface area (Å²) >= 11 is 0. The van der Waals surface area contributed by atoms with Gasteiger partial charge in [-0.1, -0.05) is 39.0 Å². The van der Waals surface area contributed by atoms with E-state index in [1.165, 1.54) is 0 Å². The van der Waals surface area contributed by atoms with Crippen molar-refractivity contribution in [3.8, 4) is 0 Å². The average molecular weight is 417 g/mol. The second-order valence-corrected chi connectivity index (χ2v) is 14.3. The lowest BCUT2D eigenvalue weighted by molar-refractivity contribution is 0.0304. The number of unbranched alkanes of at least 4 members (excludes halogenated alkanes) is 1. The largest absolute Gasteiger partial charge is 0.417 e. The molecule has 1 saturated heterocycles. The fraction of sp³-hybridized carbons (Fsp3) is 0.609. The molecule has 0 atom stereocenters. The van der Waals surface area contributed by atoms with Crippen molar-refractivity contribution in [3.05, 3.63) is 36.0 Å². The topological polar surface area (TPSA) is 43.7 Å². The molecule has 2 aromatic rings. The third-order valence-corrected chi connectivity index (χ3v) is 10.9. The van der Waals surface area contributed by atoms with Crippen molar-refractivity contribution in [2.45, 2.75) is 58.3 Å². The minimum Gasteiger partial charge on any atom is -0.417 e. The summed E-state index contributed by atoms with van der Waals surface area (Å²) in [5, 5.41) is 1.29. The molecule has 0 spiro atoms. The van der Waals surface area contributed by atoms with E-state index in [0.29, 0.717) is 26.3 Å². The third-order valence-electron chi connectivity index (χ3n) is 6.38. The molecule has 0 aliphatic carbocycles. The van der Waals surface area contributed by atoms with Crippen molar-refractivity contribution in [2.75, 3.05) is 32.9 Å². The quantitative estimate of drug-likeness (QED) is 0.475. The summed E-state index contributed by atoms with van der Waals surface area (Å²) in [6.45, 7) is 15.7. The standard InChI is InChI=1S/C23H36N2O3Si/c1-23(2,3)29(4,5)28-15-9-8-12-25-18-20(19-10-6-7-11-21(19)25)22(26)24-13-16-27-17-14-24/h6-7,10-11,18H,8-9,12-17H2,1-5H3. The van der Waals surface area contributed by atoms with E-state index in [1.807, 2.05) is 23.2 Å². The Hall–Kier alpha value is -1.63. The molecule has 5 nitrogen and oxygen atoms in total. The van der Waals surface area contributed by atoms with Gasteiger partial charge in [0.1, 0.15) is 0 Å². The van der Waals surface area contributed by atoms with E-state index in [9.17, 15) is 4.79 Å². The van der Waals surface area contributed by atoms with Crippen LogP contribution in [0.25, 0.3) is 10.9 Å². The predicted octanol–water partition coefficient (Wildman–Crippen LogP) is 4.92. The van der Waals surface area contributed by atoms with Crippen LogP contribution in [0.15, 0.2) is 30.5 Å². The van der Waals surface area contributed by atoms with Crippen LogP contribution >= 0.6 is 0 Å². The molecule has 1 aromatic carbocycles. The lowest BCUT2D eigenvalue weighted by atomic mass is 10.1. The number of amides is 1. The number of hydrogen-bond donors (Lipinski definition) is 0. The fourth-order valence-electron chi connectivity index (χ4n) is 3.47. The average Bonchev–Trinajstić information content (AvgIpc) is 3.06. The minimum absolute atomic E-state index is 0.115. The molecule has 1 aromatic heterocycles. The molecular weight excluding hydrogens is 380 g/mol. The van der Waals surface area contributed by atoms with Gasteiger partial charge >= 0.3 is 0 Å². The van der Waals surface area contributed by atoms with Gasteiger partial charge in [-0.05, 0) is 37.0 Å². The second kappa shape index (κ2) is 9.02. The van der Waals surface area contributed by atoms with E-state index >= 15 is 0 Å². The van der Waals surface area contributed by atoms with Gasteiger partial charge in [0.25, 0.3) is 5.91 Å². The number of carbonyl (C=O) groups is 1. The zero-order valence-corrected chi connectivity index (χ0v) is 19.7. The lowest BCUT2D eigenvalue weighted by Crippen LogP contribution is -2.41. The van der Waals surface area contributed by atoms with E-state index in [1.54, 1.807) is 0 Å². The molecule has 0 saturated carbocycles. The van der Waals surface area contributed by atoms with Crippen LogP contribution in [-0.4, -0.2) is 56.6 Å². The Balaban J connectivity index is 1.64. The van der Waals surface area contributed by atoms with Crippen LogP contribution in [0.3, 0.4) is 0 Å². The summed E-state index contributed by atoms with van der Waals surface area (Å²) in [5.74, 6) is 0.115. The van der Waals surface area contributed by atoms with Gasteiger partial charge in [0.15, 0.2) is 8.32 Å². The summed E-state index contributed by atoms with van der Waals surface area (Å²) in [4.78, 5) is 15.0. The van der Waals surface area contributed by atoms with Crippen molar-refractivity contribution in [1.82, 2.24) is 9.47 Å². The Labute approximate surface area is 176 Å². The summed E-state index contributed by atoms with van der Waals surface area (Å²) in [7, 11) is -1.68. The van der Waals surface area contributed by atoms with Crippen LogP contribution in [0.5, 0.6) is 0 Å². The Morgan fingerprint density at radius 1 is 1.14 bits per heavy atom. The first-order valence-corrected chi connectivity index (χ1v) is 13.7. The molecule has 29 heavy (non-hydrogen) atoms. The Morgan fingerprint density at radius 2 is 1.83 bits per heavy atom. The molecule has 3 rings (SSSR count). The molecule has 1 aliphatic rings. The van der Waals surface area contributed by atoms with Gasteiger partial charge in [0.2, 0.25) is 0 Å². The van der Waals surface area contributed by atoms with E-state index in [4.69, 9.17) is 9.16 Å². The smallest absolute Gasteiger partial charge is 0.256 e. The predicted molar refractivity (Wildman–Crippen MR) is 121 cm³/mol. The molecule has 1 amide bonds. The van der Waals surface area contributed by atoms with Crippen LogP contribution in [0.1, 0.15) is 44.0 Å². The first-order chi connectivity index (χ1) is 13.7. The van der Waals surface area contributed by atoms with E-state index in [-0.39, 0.29) is 10.9 Å². The maximum atomic E-state index is 13.0. The Kier molecular flexibility index (Phi) is 6.86. The molecule has 1 aliphatic heterocycles. The van der Waals surface area contributed by atoms with E-state index in [0.717, 1.165) is 42.5 Å². The number of rotatable bonds is 7. The van der Waals surface area contributed by atoms with Crippen molar-refractivity contribution < 1.29 is 14.0 Å². The Bertz CT molecular complexity index is 832. The maximum Gasteiger partial charge on any atom is 0.256 e. The number of morpholine rings is 1. The Morgan fingerprint density at radius 3 is 2.52 bits per heavy atom. The normalized spacial score (nSPS) is 15.8. The molecule has 0 bridgehead atoms. The minimum atomic E-state index is -1.68. The number of ether oxygens (including phenoxy) is 1. The summed E-state index contributed by atoms with van der Waals surface area (Å²) in [6.07, 6.45) is 4.11. The zero-order chi connectivity index (χ0) is 21.1. The lowest BCUT2D eigenvalue weighted by Gasteiger charge is -2.36. The number of benzene rings is 1. The van der Waals surface area contributed by atoms with Crippen molar-refractivity contribution in [1.29, 1.82) is 0 Å². The molecular formula is C23H36N2O3Si. The summed E-state index contributed by atoms with van der Waals surface area (Å²) in [6, 6.07) is 8.22. The van der Waals surface area contributed by atoms with Crippen molar-refractivity contribution >= 4 is 25.1 Å². The van der Waals surface area contributed by atoms with Crippen LogP contribution in [-0.2, 0) is 15.7 Å². The SMILES string of the molecule is CC(C)(C)[Si](C)(C)OCCCCn1cc(C(=O)N2CCOCC2)c2ccccc21. The van der Waals surface area contributed by atoms with Gasteiger partial charge < -0.3 is 18.6 Å². The second-order valence-electron chi connectivity index (χ2n) is 9.47. The highest BCUT2D eigenvalue weighted by Crippen LogP contribution is 2.36. The monoisotopic (exact) mass is 416 g/mol. The summed E-state index contributed by atoms with van der Waals surface area (Å²) < 4.78 is 13.9. The van der Waals surface area contributed by atoms with Gasteiger partial charge in [-0.25, -0.2) is 0 Å². The molecule has 1 fully saturated rings. The van der Waals surface area contributed by atoms with Crippen LogP contribution in [0, 0.1) is 0 Å². The van der Waals surface area contributed by atoms with Crippen molar-refractivity contribution in [2.24, 2.45) is 0 Å². The number of carbonyl (C=O) groups excluding carboxylic acids is 1. The zero-order valence-electron chi connectivity index (χ0n) is 18.7. The van der Waals surface area contributed by atoms with Gasteiger partial charge in [-0.2, -0.15) is 0 Å². The highest BCUT2D eigenvalue weighted by atomic mass is 28.4. The van der Waals surface area contributed by atoms with Crippen molar-refractivity contribution in [3.63, 3.8) is 0 Å². The van der Waals surface area contributed by atoms with Crippen LogP contribution in [0.2, 0.25) is 18.1 Å². The molecule has 0 N–H and O–H groups in total. The molecule has 0 unspecified atom stereocenters. The highest BCUT2D eigenvalue weighted by molar-refractivity contribution is 6.74. The number of nitrogens with zero attached hydrogens (tertiary/aromatic N) is 2. The molecule has 160 valence electrons. The molecule has 6 heteroatoms. The van der Waals surface area contributed by atoms with Crippen LogP contribution in [0.4, 0.5) is 0 Å². The summed E-state index contributed by atoms with van der Waals surface area (Å²) in [5.41, 5.74) is 1.94. The highest BCUT2D eigenvalue weighted by Gasteiger charge is 2.36. The first kappa shape index (κ1) is 22.1. The number of aryl methyl sites for hydroxylation is 1. The third kappa shape index (κ3) is 5.11.